The molecule has 7 heteroatoms. The van der Waals surface area contributed by atoms with Gasteiger partial charge in [0.1, 0.15) is 11.9 Å². The number of aliphatic hydroxyl groups excluding tert-OH is 1. The second-order valence-electron chi connectivity index (χ2n) is 6.70. The highest BCUT2D eigenvalue weighted by atomic mass is 16.5. The van der Waals surface area contributed by atoms with Crippen LogP contribution in [0.2, 0.25) is 0 Å². The number of nitrogens with zero attached hydrogens (tertiary/aromatic N) is 1. The highest BCUT2D eigenvalue weighted by Gasteiger charge is 2.29. The van der Waals surface area contributed by atoms with Gasteiger partial charge in [-0.05, 0) is 24.1 Å². The normalized spacial score (nSPS) is 24.2. The molecule has 0 spiro atoms. The van der Waals surface area contributed by atoms with Gasteiger partial charge in [-0.1, -0.05) is 12.1 Å². The minimum Gasteiger partial charge on any atom is -0.486 e. The van der Waals surface area contributed by atoms with Crippen molar-refractivity contribution in [3.8, 4) is 5.75 Å². The molecule has 2 aliphatic heterocycles. The van der Waals surface area contributed by atoms with Gasteiger partial charge in [-0.3, -0.25) is 9.69 Å². The van der Waals surface area contributed by atoms with Crippen LogP contribution in [0.5, 0.6) is 5.75 Å². The maximum absolute atomic E-state index is 12.3. The number of nitrogens with one attached hydrogen (secondary N) is 1. The van der Waals surface area contributed by atoms with Crippen molar-refractivity contribution in [1.82, 2.24) is 10.2 Å². The van der Waals surface area contributed by atoms with Crippen molar-refractivity contribution in [1.29, 1.82) is 0 Å². The van der Waals surface area contributed by atoms with E-state index < -0.39 is 0 Å². The standard InChI is InChI=1S/C19H28N2O5/c22-13-15-1-3-16(4-2-15)26-18-14-25-10-6-17(18)20-19(23)5-7-21-8-11-24-12-9-21/h1-4,17-18,22H,5-14H2,(H,20,23)/t17-,18-/m1/s1. The van der Waals surface area contributed by atoms with E-state index in [2.05, 4.69) is 10.2 Å². The van der Waals surface area contributed by atoms with Crippen LogP contribution >= 0.6 is 0 Å². The van der Waals surface area contributed by atoms with Gasteiger partial charge in [0, 0.05) is 32.7 Å². The number of benzene rings is 1. The predicted octanol–water partition coefficient (Wildman–Crippen LogP) is 0.554. The van der Waals surface area contributed by atoms with Crippen LogP contribution in [0.3, 0.4) is 0 Å². The minimum absolute atomic E-state index is 0.00858. The molecule has 0 aromatic heterocycles. The van der Waals surface area contributed by atoms with Crippen molar-refractivity contribution in [2.75, 3.05) is 46.1 Å². The van der Waals surface area contributed by atoms with Crippen molar-refractivity contribution >= 4 is 5.91 Å². The van der Waals surface area contributed by atoms with Gasteiger partial charge in [0.25, 0.3) is 0 Å². The SMILES string of the molecule is O=C(CCN1CCOCC1)N[C@@H]1CCOC[C@H]1Oc1ccc(CO)cc1. The fraction of sp³-hybridized carbons (Fsp3) is 0.632. The number of aliphatic hydroxyl groups is 1. The van der Waals surface area contributed by atoms with Crippen molar-refractivity contribution in [2.45, 2.75) is 31.6 Å². The number of ether oxygens (including phenoxy) is 3. The molecule has 144 valence electrons. The zero-order valence-electron chi connectivity index (χ0n) is 15.1. The maximum Gasteiger partial charge on any atom is 0.221 e. The molecule has 2 atom stereocenters. The lowest BCUT2D eigenvalue weighted by Gasteiger charge is -2.33. The molecule has 2 fully saturated rings. The summed E-state index contributed by atoms with van der Waals surface area (Å²) < 4.78 is 16.9. The summed E-state index contributed by atoms with van der Waals surface area (Å²) in [5.41, 5.74) is 0.838. The van der Waals surface area contributed by atoms with Gasteiger partial charge < -0.3 is 24.6 Å². The lowest BCUT2D eigenvalue weighted by molar-refractivity contribution is -0.124. The van der Waals surface area contributed by atoms with Crippen LogP contribution in [-0.2, 0) is 20.9 Å². The van der Waals surface area contributed by atoms with E-state index in [-0.39, 0.29) is 24.7 Å². The Morgan fingerprint density at radius 3 is 2.69 bits per heavy atom. The van der Waals surface area contributed by atoms with E-state index in [1.807, 2.05) is 24.3 Å². The molecule has 0 radical (unpaired) electrons. The largest absolute Gasteiger partial charge is 0.486 e. The Labute approximate surface area is 154 Å². The molecule has 1 aromatic carbocycles. The molecule has 26 heavy (non-hydrogen) atoms. The van der Waals surface area contributed by atoms with Gasteiger partial charge in [-0.2, -0.15) is 0 Å². The van der Waals surface area contributed by atoms with Gasteiger partial charge in [0.05, 0.1) is 32.5 Å². The van der Waals surface area contributed by atoms with Crippen LogP contribution in [0.1, 0.15) is 18.4 Å². The van der Waals surface area contributed by atoms with Gasteiger partial charge in [0.2, 0.25) is 5.91 Å². The van der Waals surface area contributed by atoms with Gasteiger partial charge in [0.15, 0.2) is 0 Å². The van der Waals surface area contributed by atoms with Crippen LogP contribution in [-0.4, -0.2) is 74.1 Å². The Bertz CT molecular complexity index is 560. The van der Waals surface area contributed by atoms with E-state index >= 15 is 0 Å². The fourth-order valence-electron chi connectivity index (χ4n) is 3.20. The smallest absolute Gasteiger partial charge is 0.221 e. The first-order valence-electron chi connectivity index (χ1n) is 9.28. The van der Waals surface area contributed by atoms with Crippen molar-refractivity contribution in [2.24, 2.45) is 0 Å². The molecule has 0 unspecified atom stereocenters. The Balaban J connectivity index is 1.48. The molecule has 7 nitrogen and oxygen atoms in total. The van der Waals surface area contributed by atoms with Crippen LogP contribution < -0.4 is 10.1 Å². The summed E-state index contributed by atoms with van der Waals surface area (Å²) >= 11 is 0. The molecule has 1 aromatic rings. The minimum atomic E-state index is -0.212. The van der Waals surface area contributed by atoms with Gasteiger partial charge >= 0.3 is 0 Å². The lowest BCUT2D eigenvalue weighted by Crippen LogP contribution is -2.51. The van der Waals surface area contributed by atoms with E-state index in [1.165, 1.54) is 0 Å². The van der Waals surface area contributed by atoms with Crippen LogP contribution in [0.25, 0.3) is 0 Å². The average Bonchev–Trinajstić information content (AvgIpc) is 2.69. The fourth-order valence-corrected chi connectivity index (χ4v) is 3.20. The van der Waals surface area contributed by atoms with Crippen molar-refractivity contribution < 1.29 is 24.1 Å². The highest BCUT2D eigenvalue weighted by Crippen LogP contribution is 2.19. The number of rotatable bonds is 7. The Morgan fingerprint density at radius 1 is 1.19 bits per heavy atom. The molecule has 2 aliphatic rings. The van der Waals surface area contributed by atoms with Crippen molar-refractivity contribution in [3.05, 3.63) is 29.8 Å². The van der Waals surface area contributed by atoms with Gasteiger partial charge in [-0.25, -0.2) is 0 Å². The molecule has 3 rings (SSSR count). The monoisotopic (exact) mass is 364 g/mol. The summed E-state index contributed by atoms with van der Waals surface area (Å²) in [4.78, 5) is 14.6. The second kappa shape index (κ2) is 9.87. The third kappa shape index (κ3) is 5.67. The van der Waals surface area contributed by atoms with Crippen molar-refractivity contribution in [3.63, 3.8) is 0 Å². The van der Waals surface area contributed by atoms with Crippen LogP contribution in [0, 0.1) is 0 Å². The Kier molecular flexibility index (Phi) is 7.25. The van der Waals surface area contributed by atoms with E-state index in [4.69, 9.17) is 19.3 Å². The lowest BCUT2D eigenvalue weighted by atomic mass is 10.1. The van der Waals surface area contributed by atoms with E-state index in [9.17, 15) is 4.79 Å². The molecular formula is C19H28N2O5. The average molecular weight is 364 g/mol. The maximum atomic E-state index is 12.3. The first-order chi connectivity index (χ1) is 12.7. The Morgan fingerprint density at radius 2 is 1.96 bits per heavy atom. The molecular weight excluding hydrogens is 336 g/mol. The van der Waals surface area contributed by atoms with E-state index in [0.717, 1.165) is 44.8 Å². The molecule has 2 N–H and O–H groups in total. The second-order valence-corrected chi connectivity index (χ2v) is 6.70. The predicted molar refractivity (Wildman–Crippen MR) is 96.0 cm³/mol. The number of carbonyl (C=O) groups excluding carboxylic acids is 1. The molecule has 0 saturated carbocycles. The zero-order valence-corrected chi connectivity index (χ0v) is 15.1. The summed E-state index contributed by atoms with van der Waals surface area (Å²) in [5, 5.41) is 12.2. The van der Waals surface area contributed by atoms with Gasteiger partial charge in [-0.15, -0.1) is 0 Å². The molecule has 2 saturated heterocycles. The number of amides is 1. The number of carbonyl (C=O) groups is 1. The summed E-state index contributed by atoms with van der Waals surface area (Å²) in [6.07, 6.45) is 1.01. The van der Waals surface area contributed by atoms with Crippen LogP contribution in [0.15, 0.2) is 24.3 Å². The van der Waals surface area contributed by atoms with E-state index in [0.29, 0.717) is 25.4 Å². The molecule has 1 amide bonds. The third-order valence-electron chi connectivity index (χ3n) is 4.80. The summed E-state index contributed by atoms with van der Waals surface area (Å²) in [5.74, 6) is 0.762. The summed E-state index contributed by atoms with van der Waals surface area (Å²) in [6.45, 7) is 5.11. The summed E-state index contributed by atoms with van der Waals surface area (Å²) in [6, 6.07) is 7.26. The third-order valence-corrected chi connectivity index (χ3v) is 4.80. The number of morpholine rings is 1. The Hall–Kier alpha value is -1.67. The quantitative estimate of drug-likeness (QED) is 0.736. The molecule has 2 heterocycles. The first kappa shape index (κ1) is 19.1. The number of hydrogen-bond donors (Lipinski definition) is 2. The number of hydrogen-bond acceptors (Lipinski definition) is 6. The molecule has 0 bridgehead atoms. The van der Waals surface area contributed by atoms with E-state index in [1.54, 1.807) is 0 Å². The highest BCUT2D eigenvalue weighted by molar-refractivity contribution is 5.76. The summed E-state index contributed by atoms with van der Waals surface area (Å²) in [7, 11) is 0. The zero-order chi connectivity index (χ0) is 18.2. The van der Waals surface area contributed by atoms with Crippen LogP contribution in [0.4, 0.5) is 0 Å². The topological polar surface area (TPSA) is 80.3 Å². The molecule has 0 aliphatic carbocycles. The first-order valence-corrected chi connectivity index (χ1v) is 9.28.